The number of aromatic nitrogens is 1. The molecule has 1 heterocycles. The van der Waals surface area contributed by atoms with E-state index in [2.05, 4.69) is 9.72 Å². The van der Waals surface area contributed by atoms with Crippen LogP contribution in [0.15, 0.2) is 30.8 Å². The number of nitrogens with zero attached hydrogens (tertiary/aromatic N) is 1. The van der Waals surface area contributed by atoms with Gasteiger partial charge in [-0.2, -0.15) is 0 Å². The zero-order valence-corrected chi connectivity index (χ0v) is 5.81. The van der Waals surface area contributed by atoms with Crippen molar-refractivity contribution in [3.63, 3.8) is 0 Å². The molecule has 3 heteroatoms. The van der Waals surface area contributed by atoms with Gasteiger partial charge in [-0.3, -0.25) is 9.78 Å². The van der Waals surface area contributed by atoms with Crippen molar-refractivity contribution in [2.24, 2.45) is 0 Å². The van der Waals surface area contributed by atoms with Crippen LogP contribution in [0.25, 0.3) is 6.08 Å². The van der Waals surface area contributed by atoms with Crippen LogP contribution in [0.1, 0.15) is 5.56 Å². The highest BCUT2D eigenvalue weighted by atomic mass is 16.5. The van der Waals surface area contributed by atoms with Gasteiger partial charge in [0.15, 0.2) is 0 Å². The first-order valence-electron chi connectivity index (χ1n) is 3.09. The molecule has 3 nitrogen and oxygen atoms in total. The molecule has 11 heavy (non-hydrogen) atoms. The molecule has 0 aromatic carbocycles. The standard InChI is InChI=1S/C8H7NO2/c10-7-11-6-3-8-1-4-9-5-2-8/h1-7H. The van der Waals surface area contributed by atoms with E-state index in [0.717, 1.165) is 5.56 Å². The second kappa shape index (κ2) is 4.22. The lowest BCUT2D eigenvalue weighted by Crippen LogP contribution is -1.75. The number of rotatable bonds is 3. The molecule has 0 amide bonds. The van der Waals surface area contributed by atoms with Crippen LogP contribution in [0.2, 0.25) is 0 Å². The third kappa shape index (κ3) is 2.62. The minimum atomic E-state index is 0.373. The van der Waals surface area contributed by atoms with Crippen molar-refractivity contribution in [2.75, 3.05) is 0 Å². The van der Waals surface area contributed by atoms with Crippen molar-refractivity contribution < 1.29 is 9.53 Å². The molecule has 1 rings (SSSR count). The molecule has 0 fully saturated rings. The summed E-state index contributed by atoms with van der Waals surface area (Å²) in [5.41, 5.74) is 0.946. The van der Waals surface area contributed by atoms with E-state index >= 15 is 0 Å². The lowest BCUT2D eigenvalue weighted by molar-refractivity contribution is -0.123. The number of carbonyl (C=O) groups is 1. The summed E-state index contributed by atoms with van der Waals surface area (Å²) < 4.78 is 4.36. The van der Waals surface area contributed by atoms with E-state index in [0.29, 0.717) is 6.47 Å². The van der Waals surface area contributed by atoms with Gasteiger partial charge in [0, 0.05) is 12.4 Å². The molecule has 0 aliphatic carbocycles. The minimum Gasteiger partial charge on any atom is -0.437 e. The summed E-state index contributed by atoms with van der Waals surface area (Å²) in [6.45, 7) is 0.373. The van der Waals surface area contributed by atoms with Gasteiger partial charge in [-0.15, -0.1) is 0 Å². The van der Waals surface area contributed by atoms with E-state index in [1.54, 1.807) is 18.5 Å². The first kappa shape index (κ1) is 7.47. The van der Waals surface area contributed by atoms with Crippen LogP contribution in [-0.2, 0) is 9.53 Å². The Morgan fingerprint density at radius 3 is 2.73 bits per heavy atom. The molecule has 1 aromatic heterocycles. The Bertz CT molecular complexity index is 244. The summed E-state index contributed by atoms with van der Waals surface area (Å²) in [5.74, 6) is 0. The Hall–Kier alpha value is -1.64. The minimum absolute atomic E-state index is 0.373. The van der Waals surface area contributed by atoms with Gasteiger partial charge in [-0.25, -0.2) is 0 Å². The van der Waals surface area contributed by atoms with E-state index in [4.69, 9.17) is 0 Å². The maximum atomic E-state index is 9.71. The van der Waals surface area contributed by atoms with Crippen LogP contribution in [0.4, 0.5) is 0 Å². The topological polar surface area (TPSA) is 39.2 Å². The van der Waals surface area contributed by atoms with Crippen molar-refractivity contribution in [1.29, 1.82) is 0 Å². The molecule has 0 saturated heterocycles. The van der Waals surface area contributed by atoms with Crippen LogP contribution in [0.5, 0.6) is 0 Å². The molecule has 0 N–H and O–H groups in total. The third-order valence-electron chi connectivity index (χ3n) is 1.10. The zero-order chi connectivity index (χ0) is 7.94. The molecule has 0 aliphatic heterocycles. The first-order chi connectivity index (χ1) is 5.43. The van der Waals surface area contributed by atoms with E-state index in [1.165, 1.54) is 6.26 Å². The molecule has 0 atom stereocenters. The van der Waals surface area contributed by atoms with Crippen molar-refractivity contribution >= 4 is 12.5 Å². The fourth-order valence-electron chi connectivity index (χ4n) is 0.624. The van der Waals surface area contributed by atoms with Crippen LogP contribution in [-0.4, -0.2) is 11.5 Å². The van der Waals surface area contributed by atoms with Gasteiger partial charge in [0.2, 0.25) is 0 Å². The van der Waals surface area contributed by atoms with Crippen molar-refractivity contribution in [3.05, 3.63) is 36.4 Å². The van der Waals surface area contributed by atoms with Gasteiger partial charge in [0.25, 0.3) is 6.47 Å². The van der Waals surface area contributed by atoms with Gasteiger partial charge in [0.1, 0.15) is 0 Å². The predicted molar refractivity (Wildman–Crippen MR) is 40.4 cm³/mol. The Kier molecular flexibility index (Phi) is 2.86. The number of ether oxygens (including phenoxy) is 1. The van der Waals surface area contributed by atoms with Crippen LogP contribution >= 0.6 is 0 Å². The molecular weight excluding hydrogens is 142 g/mol. The monoisotopic (exact) mass is 149 g/mol. The second-order valence-electron chi connectivity index (χ2n) is 1.82. The SMILES string of the molecule is O=COC=Cc1ccncc1. The maximum absolute atomic E-state index is 9.71. The molecule has 0 aliphatic rings. The number of hydrogen-bond acceptors (Lipinski definition) is 3. The molecule has 56 valence electrons. The summed E-state index contributed by atoms with van der Waals surface area (Å²) in [6, 6.07) is 3.62. The largest absolute Gasteiger partial charge is 0.437 e. The Morgan fingerprint density at radius 2 is 2.09 bits per heavy atom. The predicted octanol–water partition coefficient (Wildman–Crippen LogP) is 1.23. The zero-order valence-electron chi connectivity index (χ0n) is 5.81. The summed E-state index contributed by atoms with van der Waals surface area (Å²) in [6.07, 6.45) is 6.33. The van der Waals surface area contributed by atoms with Gasteiger partial charge in [-0.05, 0) is 23.8 Å². The lowest BCUT2D eigenvalue weighted by atomic mass is 10.3. The molecule has 0 spiro atoms. The Balaban J connectivity index is 2.57. The molecule has 0 saturated carbocycles. The van der Waals surface area contributed by atoms with Crippen LogP contribution in [0, 0.1) is 0 Å². The summed E-state index contributed by atoms with van der Waals surface area (Å²) >= 11 is 0. The van der Waals surface area contributed by atoms with Gasteiger partial charge in [-0.1, -0.05) is 0 Å². The highest BCUT2D eigenvalue weighted by molar-refractivity contribution is 5.49. The molecule has 0 unspecified atom stereocenters. The number of pyridine rings is 1. The fraction of sp³-hybridized carbons (Fsp3) is 0. The molecular formula is C8H7NO2. The highest BCUT2D eigenvalue weighted by Crippen LogP contribution is 1.97. The van der Waals surface area contributed by atoms with E-state index in [-0.39, 0.29) is 0 Å². The van der Waals surface area contributed by atoms with Gasteiger partial charge >= 0.3 is 0 Å². The van der Waals surface area contributed by atoms with Crippen molar-refractivity contribution in [1.82, 2.24) is 4.98 Å². The summed E-state index contributed by atoms with van der Waals surface area (Å²) in [5, 5.41) is 0. The highest BCUT2D eigenvalue weighted by Gasteiger charge is 1.81. The van der Waals surface area contributed by atoms with Gasteiger partial charge in [0.05, 0.1) is 6.26 Å². The van der Waals surface area contributed by atoms with Crippen LogP contribution < -0.4 is 0 Å². The smallest absolute Gasteiger partial charge is 0.297 e. The van der Waals surface area contributed by atoms with E-state index < -0.39 is 0 Å². The molecule has 0 radical (unpaired) electrons. The Labute approximate surface area is 64.3 Å². The quantitative estimate of drug-likeness (QED) is 0.479. The fourth-order valence-corrected chi connectivity index (χ4v) is 0.624. The average molecular weight is 149 g/mol. The number of carbonyl (C=O) groups excluding carboxylic acids is 1. The van der Waals surface area contributed by atoms with Crippen molar-refractivity contribution in [3.8, 4) is 0 Å². The second-order valence-corrected chi connectivity index (χ2v) is 1.82. The third-order valence-corrected chi connectivity index (χ3v) is 1.10. The first-order valence-corrected chi connectivity index (χ1v) is 3.09. The van der Waals surface area contributed by atoms with Crippen LogP contribution in [0.3, 0.4) is 0 Å². The number of hydrogen-bond donors (Lipinski definition) is 0. The average Bonchev–Trinajstić information content (AvgIpc) is 2.07. The lowest BCUT2D eigenvalue weighted by Gasteiger charge is -1.88. The molecule has 1 aromatic rings. The summed E-state index contributed by atoms with van der Waals surface area (Å²) in [4.78, 5) is 13.5. The Morgan fingerprint density at radius 1 is 1.36 bits per heavy atom. The normalized spacial score (nSPS) is 9.82. The van der Waals surface area contributed by atoms with E-state index in [1.807, 2.05) is 12.1 Å². The van der Waals surface area contributed by atoms with E-state index in [9.17, 15) is 4.79 Å². The molecule has 0 bridgehead atoms. The maximum Gasteiger partial charge on any atom is 0.297 e. The van der Waals surface area contributed by atoms with Crippen molar-refractivity contribution in [2.45, 2.75) is 0 Å². The summed E-state index contributed by atoms with van der Waals surface area (Å²) in [7, 11) is 0. The van der Waals surface area contributed by atoms with Gasteiger partial charge < -0.3 is 4.74 Å².